The number of ether oxygens (including phenoxy) is 2. The second kappa shape index (κ2) is 8.49. The molecule has 0 saturated heterocycles. The molecule has 0 N–H and O–H groups in total. The predicted molar refractivity (Wildman–Crippen MR) is 111 cm³/mol. The Balaban J connectivity index is 1.41. The van der Waals surface area contributed by atoms with Crippen LogP contribution in [0, 0.1) is 0 Å². The number of hydrogen-bond acceptors (Lipinski definition) is 6. The lowest BCUT2D eigenvalue weighted by atomic mass is 10.1. The van der Waals surface area contributed by atoms with Crippen molar-refractivity contribution in [3.63, 3.8) is 0 Å². The van der Waals surface area contributed by atoms with Crippen LogP contribution in [0.25, 0.3) is 10.9 Å². The van der Waals surface area contributed by atoms with Gasteiger partial charge in [0.05, 0.1) is 24.4 Å². The quantitative estimate of drug-likeness (QED) is 0.422. The van der Waals surface area contributed by atoms with Crippen molar-refractivity contribution in [2.45, 2.75) is 31.7 Å². The third-order valence-electron chi connectivity index (χ3n) is 5.10. The lowest BCUT2D eigenvalue weighted by Crippen LogP contribution is -2.25. The number of benzene rings is 2. The van der Waals surface area contributed by atoms with Crippen molar-refractivity contribution >= 4 is 22.7 Å². The van der Waals surface area contributed by atoms with Gasteiger partial charge in [-0.3, -0.25) is 19.0 Å². The smallest absolute Gasteiger partial charge is 0.306 e. The lowest BCUT2D eigenvalue weighted by Gasteiger charge is -2.12. The highest BCUT2D eigenvalue weighted by atomic mass is 16.5. The fourth-order valence-electron chi connectivity index (χ4n) is 3.39. The minimum atomic E-state index is -0.504. The summed E-state index contributed by atoms with van der Waals surface area (Å²) in [5.74, 6) is 0.335. The van der Waals surface area contributed by atoms with Crippen LogP contribution < -0.4 is 10.3 Å². The van der Waals surface area contributed by atoms with Crippen LogP contribution >= 0.6 is 0 Å². The maximum atomic E-state index is 12.9. The average Bonchev–Trinajstić information content (AvgIpc) is 3.61. The number of aromatic nitrogens is 2. The minimum absolute atomic E-state index is 0.0445. The number of para-hydroxylation sites is 1. The molecule has 154 valence electrons. The number of rotatable bonds is 8. The van der Waals surface area contributed by atoms with E-state index in [2.05, 4.69) is 4.98 Å². The van der Waals surface area contributed by atoms with Crippen molar-refractivity contribution in [1.29, 1.82) is 0 Å². The van der Waals surface area contributed by atoms with Crippen LogP contribution in [-0.2, 0) is 16.0 Å². The number of fused-ring (bicyclic) bond motifs is 1. The summed E-state index contributed by atoms with van der Waals surface area (Å²) in [6.07, 6.45) is 2.20. The lowest BCUT2D eigenvalue weighted by molar-refractivity contribution is -0.142. The van der Waals surface area contributed by atoms with E-state index in [1.165, 1.54) is 7.11 Å². The number of carbonyl (C=O) groups is 2. The van der Waals surface area contributed by atoms with Gasteiger partial charge >= 0.3 is 5.97 Å². The third-order valence-corrected chi connectivity index (χ3v) is 5.10. The van der Waals surface area contributed by atoms with Gasteiger partial charge in [0.2, 0.25) is 0 Å². The normalized spacial score (nSPS) is 13.2. The summed E-state index contributed by atoms with van der Waals surface area (Å²) in [6, 6.07) is 14.0. The van der Waals surface area contributed by atoms with Gasteiger partial charge < -0.3 is 9.47 Å². The largest absolute Gasteiger partial charge is 0.497 e. The van der Waals surface area contributed by atoms with E-state index in [0.717, 1.165) is 12.8 Å². The molecule has 7 nitrogen and oxygen atoms in total. The van der Waals surface area contributed by atoms with Gasteiger partial charge in [-0.1, -0.05) is 24.3 Å². The molecular formula is C23H22N2O5. The van der Waals surface area contributed by atoms with Crippen molar-refractivity contribution in [3.05, 3.63) is 70.3 Å². The Labute approximate surface area is 173 Å². The summed E-state index contributed by atoms with van der Waals surface area (Å²) in [6.45, 7) is -0.341. The molecule has 0 aliphatic heterocycles. The standard InChI is InChI=1S/C23H22N2O5/c1-29-17-6-4-5-15(13-17)20(26)14-30-22(27)12-11-21-24-19-8-3-2-7-18(19)23(28)25(21)16-9-10-16/h2-8,13,16H,9-12,14H2,1H3. The molecule has 4 rings (SSSR count). The van der Waals surface area contributed by atoms with Crippen LogP contribution in [0.3, 0.4) is 0 Å². The van der Waals surface area contributed by atoms with Gasteiger partial charge in [-0.15, -0.1) is 0 Å². The number of aryl methyl sites for hydroxylation is 1. The van der Waals surface area contributed by atoms with Crippen LogP contribution in [0.4, 0.5) is 0 Å². The van der Waals surface area contributed by atoms with E-state index in [0.29, 0.717) is 28.0 Å². The highest BCUT2D eigenvalue weighted by Gasteiger charge is 2.28. The van der Waals surface area contributed by atoms with Crippen molar-refractivity contribution < 1.29 is 19.1 Å². The molecule has 7 heteroatoms. The molecular weight excluding hydrogens is 384 g/mol. The Morgan fingerprint density at radius 1 is 1.13 bits per heavy atom. The Morgan fingerprint density at radius 3 is 2.70 bits per heavy atom. The Kier molecular flexibility index (Phi) is 5.61. The summed E-state index contributed by atoms with van der Waals surface area (Å²) >= 11 is 0. The fourth-order valence-corrected chi connectivity index (χ4v) is 3.39. The van der Waals surface area contributed by atoms with Gasteiger partial charge in [0, 0.05) is 18.0 Å². The number of methoxy groups -OCH3 is 1. The average molecular weight is 406 g/mol. The maximum absolute atomic E-state index is 12.9. The monoisotopic (exact) mass is 406 g/mol. The highest BCUT2D eigenvalue weighted by molar-refractivity contribution is 5.98. The second-order valence-corrected chi connectivity index (χ2v) is 7.27. The number of ketones is 1. The van der Waals surface area contributed by atoms with Crippen LogP contribution in [0.5, 0.6) is 5.75 Å². The molecule has 0 spiro atoms. The van der Waals surface area contributed by atoms with Gasteiger partial charge in [-0.05, 0) is 37.1 Å². The van der Waals surface area contributed by atoms with E-state index >= 15 is 0 Å². The van der Waals surface area contributed by atoms with Crippen LogP contribution in [0.15, 0.2) is 53.3 Å². The van der Waals surface area contributed by atoms with E-state index < -0.39 is 5.97 Å². The molecule has 1 aromatic heterocycles. The topological polar surface area (TPSA) is 87.5 Å². The minimum Gasteiger partial charge on any atom is -0.497 e. The summed E-state index contributed by atoms with van der Waals surface area (Å²) in [7, 11) is 1.52. The molecule has 1 aliphatic carbocycles. The van der Waals surface area contributed by atoms with Crippen molar-refractivity contribution in [2.75, 3.05) is 13.7 Å². The first-order valence-corrected chi connectivity index (χ1v) is 9.90. The molecule has 0 radical (unpaired) electrons. The van der Waals surface area contributed by atoms with Crippen molar-refractivity contribution in [3.8, 4) is 5.75 Å². The van der Waals surface area contributed by atoms with Gasteiger partial charge in [0.1, 0.15) is 11.6 Å². The molecule has 0 atom stereocenters. The van der Waals surface area contributed by atoms with E-state index in [4.69, 9.17) is 9.47 Å². The van der Waals surface area contributed by atoms with E-state index in [9.17, 15) is 14.4 Å². The molecule has 0 amide bonds. The van der Waals surface area contributed by atoms with Gasteiger partial charge in [-0.2, -0.15) is 0 Å². The van der Waals surface area contributed by atoms with E-state index in [1.54, 1.807) is 41.0 Å². The molecule has 1 saturated carbocycles. The first kappa shape index (κ1) is 19.8. The summed E-state index contributed by atoms with van der Waals surface area (Å²) in [4.78, 5) is 41.9. The molecule has 1 aliphatic rings. The van der Waals surface area contributed by atoms with E-state index in [1.807, 2.05) is 12.1 Å². The molecule has 3 aromatic rings. The maximum Gasteiger partial charge on any atom is 0.306 e. The number of hydrogen-bond donors (Lipinski definition) is 0. The Hall–Kier alpha value is -3.48. The number of nitrogens with zero attached hydrogens (tertiary/aromatic N) is 2. The molecule has 1 heterocycles. The number of Topliss-reactive ketones (excluding diaryl/α,β-unsaturated/α-hetero) is 1. The van der Waals surface area contributed by atoms with Crippen LogP contribution in [0.2, 0.25) is 0 Å². The van der Waals surface area contributed by atoms with Crippen LogP contribution in [-0.4, -0.2) is 35.0 Å². The SMILES string of the molecule is COc1cccc(C(=O)COC(=O)CCc2nc3ccccc3c(=O)n2C2CC2)c1. The molecule has 0 bridgehead atoms. The van der Waals surface area contributed by atoms with Crippen molar-refractivity contribution in [1.82, 2.24) is 9.55 Å². The number of carbonyl (C=O) groups excluding carboxylic acids is 2. The zero-order chi connectivity index (χ0) is 21.1. The summed E-state index contributed by atoms with van der Waals surface area (Å²) in [5, 5.41) is 0.583. The zero-order valence-electron chi connectivity index (χ0n) is 16.7. The van der Waals surface area contributed by atoms with Gasteiger partial charge in [0.15, 0.2) is 12.4 Å². The molecule has 2 aromatic carbocycles. The Morgan fingerprint density at radius 2 is 1.93 bits per heavy atom. The number of esters is 1. The summed E-state index contributed by atoms with van der Waals surface area (Å²) in [5.41, 5.74) is 0.969. The van der Waals surface area contributed by atoms with Gasteiger partial charge in [0.25, 0.3) is 5.56 Å². The van der Waals surface area contributed by atoms with Crippen molar-refractivity contribution in [2.24, 2.45) is 0 Å². The van der Waals surface area contributed by atoms with Crippen LogP contribution in [0.1, 0.15) is 41.5 Å². The third kappa shape index (κ3) is 4.25. The first-order chi connectivity index (χ1) is 14.6. The summed E-state index contributed by atoms with van der Waals surface area (Å²) < 4.78 is 11.9. The molecule has 30 heavy (non-hydrogen) atoms. The second-order valence-electron chi connectivity index (χ2n) is 7.27. The van der Waals surface area contributed by atoms with E-state index in [-0.39, 0.29) is 36.8 Å². The van der Waals surface area contributed by atoms with Gasteiger partial charge in [-0.25, -0.2) is 4.98 Å². The Bertz CT molecular complexity index is 1160. The first-order valence-electron chi connectivity index (χ1n) is 9.90. The fraction of sp³-hybridized carbons (Fsp3) is 0.304. The molecule has 1 fully saturated rings. The predicted octanol–water partition coefficient (Wildman–Crippen LogP) is 3.10. The highest BCUT2D eigenvalue weighted by Crippen LogP contribution is 2.34. The molecule has 0 unspecified atom stereocenters. The zero-order valence-corrected chi connectivity index (χ0v) is 16.7.